The van der Waals surface area contributed by atoms with Crippen LogP contribution in [0.3, 0.4) is 0 Å². The molecule has 0 saturated carbocycles. The van der Waals surface area contributed by atoms with Crippen LogP contribution in [0.1, 0.15) is 11.1 Å². The molecule has 2 aromatic carbocycles. The Labute approximate surface area is 127 Å². The zero-order valence-electron chi connectivity index (χ0n) is 10.6. The Bertz CT molecular complexity index is 657. The van der Waals surface area contributed by atoms with Gasteiger partial charge in [-0.25, -0.2) is 0 Å². The van der Waals surface area contributed by atoms with Gasteiger partial charge >= 0.3 is 0 Å². The molecule has 0 aromatic heterocycles. The minimum atomic E-state index is -0.171. The molecule has 0 atom stereocenters. The van der Waals surface area contributed by atoms with Crippen LogP contribution in [0.5, 0.6) is 5.75 Å². The minimum Gasteiger partial charge on any atom is -0.487 e. The predicted molar refractivity (Wildman–Crippen MR) is 81.2 cm³/mol. The average Bonchev–Trinajstić information content (AvgIpc) is 2.47. The maximum atomic E-state index is 8.76. The second-order valence-electron chi connectivity index (χ2n) is 3.96. The summed E-state index contributed by atoms with van der Waals surface area (Å²) in [6, 6.07) is 12.8. The van der Waals surface area contributed by atoms with Crippen LogP contribution in [0, 0.1) is 11.8 Å². The van der Waals surface area contributed by atoms with Gasteiger partial charge in [0.25, 0.3) is 0 Å². The predicted octanol–water partition coefficient (Wildman–Crippen LogP) is 3.92. The lowest BCUT2D eigenvalue weighted by Crippen LogP contribution is -1.98. The summed E-state index contributed by atoms with van der Waals surface area (Å²) in [5, 5.41) is 9.61. The molecule has 20 heavy (non-hydrogen) atoms. The summed E-state index contributed by atoms with van der Waals surface area (Å²) in [6.07, 6.45) is 0. The van der Waals surface area contributed by atoms with Gasteiger partial charge in [-0.05, 0) is 18.2 Å². The molecule has 0 aliphatic rings. The lowest BCUT2D eigenvalue weighted by molar-refractivity contribution is 0.306. The highest BCUT2D eigenvalue weighted by molar-refractivity contribution is 6.42. The van der Waals surface area contributed by atoms with E-state index < -0.39 is 0 Å². The highest BCUT2D eigenvalue weighted by Gasteiger charge is 2.06. The Balaban J connectivity index is 2.17. The molecule has 2 rings (SSSR count). The Kier molecular flexibility index (Phi) is 5.31. The molecule has 0 unspecified atom stereocenters. The first kappa shape index (κ1) is 14.7. The van der Waals surface area contributed by atoms with Crippen molar-refractivity contribution in [3.8, 4) is 17.6 Å². The van der Waals surface area contributed by atoms with Gasteiger partial charge in [-0.15, -0.1) is 0 Å². The van der Waals surface area contributed by atoms with Crippen molar-refractivity contribution in [2.45, 2.75) is 6.61 Å². The Morgan fingerprint density at radius 3 is 2.65 bits per heavy atom. The van der Waals surface area contributed by atoms with Crippen LogP contribution in [0.4, 0.5) is 0 Å². The van der Waals surface area contributed by atoms with E-state index in [1.807, 2.05) is 24.3 Å². The second kappa shape index (κ2) is 7.21. The first-order valence-electron chi connectivity index (χ1n) is 5.97. The van der Waals surface area contributed by atoms with Crippen molar-refractivity contribution in [3.63, 3.8) is 0 Å². The van der Waals surface area contributed by atoms with E-state index in [-0.39, 0.29) is 6.61 Å². The molecule has 2 aromatic rings. The number of ether oxygens (including phenoxy) is 1. The van der Waals surface area contributed by atoms with E-state index >= 15 is 0 Å². The summed E-state index contributed by atoms with van der Waals surface area (Å²) in [6.45, 7) is 0.158. The molecular formula is C16H12Cl2O2. The summed E-state index contributed by atoms with van der Waals surface area (Å²) in [5.74, 6) is 6.04. The van der Waals surface area contributed by atoms with E-state index in [1.165, 1.54) is 0 Å². The van der Waals surface area contributed by atoms with Gasteiger partial charge in [0.1, 0.15) is 24.0 Å². The van der Waals surface area contributed by atoms with Gasteiger partial charge in [0.2, 0.25) is 0 Å². The maximum absolute atomic E-state index is 8.76. The molecular weight excluding hydrogens is 295 g/mol. The lowest BCUT2D eigenvalue weighted by Gasteiger charge is -2.10. The molecule has 0 saturated heterocycles. The van der Waals surface area contributed by atoms with Crippen LogP contribution in [0.15, 0.2) is 42.5 Å². The standard InChI is InChI=1S/C16H12Cl2O2/c17-14-8-3-9-15(16(14)18)20-11-13-6-2-1-5-12(13)7-4-10-19/h1-3,5-6,8-9,19H,10-11H2. The highest BCUT2D eigenvalue weighted by Crippen LogP contribution is 2.32. The smallest absolute Gasteiger partial charge is 0.139 e. The molecule has 4 heteroatoms. The molecule has 0 aliphatic carbocycles. The summed E-state index contributed by atoms with van der Waals surface area (Å²) < 4.78 is 5.68. The molecule has 0 heterocycles. The maximum Gasteiger partial charge on any atom is 0.139 e. The van der Waals surface area contributed by atoms with Gasteiger partial charge in [0.05, 0.1) is 5.02 Å². The fourth-order valence-corrected chi connectivity index (χ4v) is 2.00. The van der Waals surface area contributed by atoms with Crippen LogP contribution in [-0.2, 0) is 6.61 Å². The van der Waals surface area contributed by atoms with Gasteiger partial charge in [0, 0.05) is 11.1 Å². The fraction of sp³-hybridized carbons (Fsp3) is 0.125. The molecule has 0 spiro atoms. The van der Waals surface area contributed by atoms with E-state index in [0.29, 0.717) is 22.4 Å². The first-order chi connectivity index (χ1) is 9.72. The quantitative estimate of drug-likeness (QED) is 0.871. The van der Waals surface area contributed by atoms with E-state index in [4.69, 9.17) is 33.0 Å². The second-order valence-corrected chi connectivity index (χ2v) is 4.74. The fourth-order valence-electron chi connectivity index (χ4n) is 1.65. The van der Waals surface area contributed by atoms with Crippen molar-refractivity contribution in [3.05, 3.63) is 63.6 Å². The third-order valence-electron chi connectivity index (χ3n) is 2.62. The van der Waals surface area contributed by atoms with Crippen LogP contribution in [-0.4, -0.2) is 11.7 Å². The molecule has 0 aliphatic heterocycles. The van der Waals surface area contributed by atoms with Crippen molar-refractivity contribution in [1.82, 2.24) is 0 Å². The van der Waals surface area contributed by atoms with Gasteiger partial charge in [-0.1, -0.05) is 59.3 Å². The van der Waals surface area contributed by atoms with Crippen molar-refractivity contribution >= 4 is 23.2 Å². The first-order valence-corrected chi connectivity index (χ1v) is 6.72. The van der Waals surface area contributed by atoms with E-state index in [0.717, 1.165) is 11.1 Å². The van der Waals surface area contributed by atoms with Gasteiger partial charge < -0.3 is 9.84 Å². The molecule has 0 amide bonds. The van der Waals surface area contributed by atoms with Crippen LogP contribution in [0.2, 0.25) is 10.0 Å². The Morgan fingerprint density at radius 1 is 1.05 bits per heavy atom. The van der Waals surface area contributed by atoms with E-state index in [1.54, 1.807) is 18.2 Å². The molecule has 1 N–H and O–H groups in total. The van der Waals surface area contributed by atoms with Crippen LogP contribution < -0.4 is 4.74 Å². The molecule has 0 bridgehead atoms. The molecule has 2 nitrogen and oxygen atoms in total. The third kappa shape index (κ3) is 3.68. The summed E-state index contributed by atoms with van der Waals surface area (Å²) in [7, 11) is 0. The van der Waals surface area contributed by atoms with Gasteiger partial charge in [-0.2, -0.15) is 0 Å². The monoisotopic (exact) mass is 306 g/mol. The number of aliphatic hydroxyl groups is 1. The van der Waals surface area contributed by atoms with Gasteiger partial charge in [-0.3, -0.25) is 0 Å². The number of benzene rings is 2. The lowest BCUT2D eigenvalue weighted by atomic mass is 10.1. The van der Waals surface area contributed by atoms with Crippen molar-refractivity contribution in [1.29, 1.82) is 0 Å². The Morgan fingerprint density at radius 2 is 1.85 bits per heavy atom. The van der Waals surface area contributed by atoms with Crippen molar-refractivity contribution in [2.75, 3.05) is 6.61 Å². The van der Waals surface area contributed by atoms with Gasteiger partial charge in [0.15, 0.2) is 0 Å². The number of aliphatic hydroxyl groups excluding tert-OH is 1. The topological polar surface area (TPSA) is 29.5 Å². The van der Waals surface area contributed by atoms with Crippen molar-refractivity contribution < 1.29 is 9.84 Å². The average molecular weight is 307 g/mol. The highest BCUT2D eigenvalue weighted by atomic mass is 35.5. The summed E-state index contributed by atoms with van der Waals surface area (Å²) >= 11 is 12.0. The Hall–Kier alpha value is -1.66. The number of hydrogen-bond donors (Lipinski definition) is 1. The minimum absolute atomic E-state index is 0.171. The summed E-state index contributed by atoms with van der Waals surface area (Å²) in [4.78, 5) is 0. The zero-order valence-corrected chi connectivity index (χ0v) is 12.1. The van der Waals surface area contributed by atoms with E-state index in [9.17, 15) is 0 Å². The normalized spacial score (nSPS) is 9.75. The van der Waals surface area contributed by atoms with Crippen LogP contribution >= 0.6 is 23.2 Å². The molecule has 102 valence electrons. The van der Waals surface area contributed by atoms with E-state index in [2.05, 4.69) is 11.8 Å². The van der Waals surface area contributed by atoms with Crippen molar-refractivity contribution in [2.24, 2.45) is 0 Å². The third-order valence-corrected chi connectivity index (χ3v) is 3.42. The molecule has 0 radical (unpaired) electrons. The number of rotatable bonds is 3. The SMILES string of the molecule is OCC#Cc1ccccc1COc1cccc(Cl)c1Cl. The van der Waals surface area contributed by atoms with Crippen LogP contribution in [0.25, 0.3) is 0 Å². The molecule has 0 fully saturated rings. The zero-order chi connectivity index (χ0) is 14.4. The number of halogens is 2. The number of hydrogen-bond acceptors (Lipinski definition) is 2. The largest absolute Gasteiger partial charge is 0.487 e. The summed E-state index contributed by atoms with van der Waals surface area (Å²) in [5.41, 5.74) is 1.74.